The van der Waals surface area contributed by atoms with Crippen LogP contribution in [0, 0.1) is 0 Å². The Morgan fingerprint density at radius 1 is 1.50 bits per heavy atom. The zero-order chi connectivity index (χ0) is 4.50. The van der Waals surface area contributed by atoms with Crippen molar-refractivity contribution in [1.82, 2.24) is 0 Å². The predicted molar refractivity (Wildman–Crippen MR) is 14.5 cm³/mol. The smallest absolute Gasteiger partial charge is 0.786 e. The van der Waals surface area contributed by atoms with Crippen molar-refractivity contribution in [3.63, 3.8) is 0 Å². The molecule has 0 heterocycles. The summed E-state index contributed by atoms with van der Waals surface area (Å²) in [5, 5.41) is 0. The van der Waals surface area contributed by atoms with Gasteiger partial charge < -0.3 is 14.4 Å². The molecule has 6 heteroatoms. The van der Waals surface area contributed by atoms with Crippen LogP contribution in [0.5, 0.6) is 0 Å². The van der Waals surface area contributed by atoms with Crippen molar-refractivity contribution in [3.8, 4) is 0 Å². The Bertz CT molecular complexity index is 56.9. The van der Waals surface area contributed by atoms with Gasteiger partial charge in [0.2, 0.25) is 0 Å². The minimum absolute atomic E-state index is 0. The maximum atomic E-state index is 10.1. The van der Waals surface area contributed by atoms with E-state index >= 15 is 0 Å². The van der Waals surface area contributed by atoms with Crippen LogP contribution in [0.1, 0.15) is 0 Å². The molecule has 0 rings (SSSR count). The second-order valence-corrected chi connectivity index (χ2v) is 1.29. The molecular formula is CaFO3P. The van der Waals surface area contributed by atoms with Crippen LogP contribution in [-0.2, 0) is 4.57 Å². The first-order chi connectivity index (χ1) is 2.00. The number of halogens is 1. The molecular weight excluding hydrogens is 138 g/mol. The SMILES string of the molecule is O=P([O-])([O-])F.[Ca+2]. The molecule has 0 amide bonds. The van der Waals surface area contributed by atoms with E-state index < -0.39 is 7.91 Å². The molecule has 6 heavy (non-hydrogen) atoms. The van der Waals surface area contributed by atoms with Crippen molar-refractivity contribution in [2.24, 2.45) is 0 Å². The second-order valence-electron chi connectivity index (χ2n) is 0.431. The van der Waals surface area contributed by atoms with Gasteiger partial charge in [0.05, 0.1) is 0 Å². The van der Waals surface area contributed by atoms with Gasteiger partial charge in [0.1, 0.15) is 7.91 Å². The molecule has 0 aliphatic heterocycles. The van der Waals surface area contributed by atoms with Gasteiger partial charge in [-0.25, -0.2) is 4.20 Å². The first-order valence-electron chi connectivity index (χ1n) is 0.717. The first-order valence-corrected chi connectivity index (χ1v) is 2.15. The maximum Gasteiger partial charge on any atom is 2.00 e. The summed E-state index contributed by atoms with van der Waals surface area (Å²) in [4.78, 5) is 16.9. The summed E-state index contributed by atoms with van der Waals surface area (Å²) < 4.78 is 18.6. The summed E-state index contributed by atoms with van der Waals surface area (Å²) in [6, 6.07) is 0. The molecule has 0 unspecified atom stereocenters. The summed E-state index contributed by atoms with van der Waals surface area (Å²) >= 11 is 0. The van der Waals surface area contributed by atoms with Gasteiger partial charge in [-0.2, -0.15) is 0 Å². The summed E-state index contributed by atoms with van der Waals surface area (Å²) in [5.41, 5.74) is 0. The van der Waals surface area contributed by atoms with Crippen molar-refractivity contribution in [2.45, 2.75) is 0 Å². The largest absolute Gasteiger partial charge is 2.00 e. The van der Waals surface area contributed by atoms with E-state index in [0.717, 1.165) is 0 Å². The summed E-state index contributed by atoms with van der Waals surface area (Å²) in [6.07, 6.45) is 0. The minimum Gasteiger partial charge on any atom is -0.786 e. The Morgan fingerprint density at radius 3 is 1.50 bits per heavy atom. The van der Waals surface area contributed by atoms with Gasteiger partial charge in [-0.05, 0) is 0 Å². The van der Waals surface area contributed by atoms with Crippen LogP contribution in [0.2, 0.25) is 0 Å². The zero-order valence-electron chi connectivity index (χ0n) is 2.76. The fourth-order valence-electron chi connectivity index (χ4n) is 0. The number of hydrogen-bond donors (Lipinski definition) is 0. The Hall–Kier alpha value is 1.34. The Kier molecular flexibility index (Phi) is 5.79. The molecule has 0 aromatic heterocycles. The van der Waals surface area contributed by atoms with Crippen molar-refractivity contribution < 1.29 is 18.5 Å². The normalized spacial score (nSPS) is 9.83. The molecule has 0 aromatic carbocycles. The third kappa shape index (κ3) is 56.0. The van der Waals surface area contributed by atoms with Crippen LogP contribution < -0.4 is 9.79 Å². The maximum absolute atomic E-state index is 10.1. The standard InChI is InChI=1S/Ca.FH2O3P/c;1-5(2,3)4/h;(H2,2,3,4)/q+2;/p-2. The molecule has 32 valence electrons. The van der Waals surface area contributed by atoms with Crippen molar-refractivity contribution in [3.05, 3.63) is 0 Å². The Balaban J connectivity index is 0. The van der Waals surface area contributed by atoms with Crippen molar-refractivity contribution in [2.75, 3.05) is 0 Å². The number of hydrogen-bond acceptors (Lipinski definition) is 3. The van der Waals surface area contributed by atoms with Gasteiger partial charge in [-0.1, -0.05) is 0 Å². The summed E-state index contributed by atoms with van der Waals surface area (Å²) in [5.74, 6) is 0. The molecule has 0 aliphatic carbocycles. The van der Waals surface area contributed by atoms with Crippen LogP contribution in [0.4, 0.5) is 4.20 Å². The first kappa shape index (κ1) is 10.3. The van der Waals surface area contributed by atoms with Gasteiger partial charge >= 0.3 is 37.7 Å². The van der Waals surface area contributed by atoms with E-state index in [1.165, 1.54) is 0 Å². The van der Waals surface area contributed by atoms with Crippen molar-refractivity contribution in [1.29, 1.82) is 0 Å². The van der Waals surface area contributed by atoms with E-state index in [1.54, 1.807) is 0 Å². The van der Waals surface area contributed by atoms with E-state index in [0.29, 0.717) is 0 Å². The predicted octanol–water partition coefficient (Wildman–Crippen LogP) is -1.60. The van der Waals surface area contributed by atoms with E-state index in [4.69, 9.17) is 14.4 Å². The summed E-state index contributed by atoms with van der Waals surface area (Å²) in [6.45, 7) is 0. The van der Waals surface area contributed by atoms with Gasteiger partial charge in [0, 0.05) is 0 Å². The molecule has 3 nitrogen and oxygen atoms in total. The topological polar surface area (TPSA) is 63.2 Å². The molecule has 0 radical (unpaired) electrons. The quantitative estimate of drug-likeness (QED) is 0.299. The summed E-state index contributed by atoms with van der Waals surface area (Å²) in [7, 11) is -5.64. The van der Waals surface area contributed by atoms with E-state index in [9.17, 15) is 4.20 Å². The van der Waals surface area contributed by atoms with Gasteiger partial charge in [0.15, 0.2) is 0 Å². The van der Waals surface area contributed by atoms with Crippen LogP contribution in [-0.4, -0.2) is 37.7 Å². The minimum atomic E-state index is -5.64. The van der Waals surface area contributed by atoms with Crippen LogP contribution in [0.25, 0.3) is 0 Å². The average Bonchev–Trinajstić information content (AvgIpc) is 0.722. The van der Waals surface area contributed by atoms with Crippen molar-refractivity contribution >= 4 is 45.6 Å². The third-order valence-corrected chi connectivity index (χ3v) is 0. The Morgan fingerprint density at radius 2 is 1.50 bits per heavy atom. The van der Waals surface area contributed by atoms with Crippen LogP contribution >= 0.6 is 7.91 Å². The third-order valence-electron chi connectivity index (χ3n) is 0. The molecule has 0 aliphatic rings. The molecule has 0 fully saturated rings. The molecule has 0 atom stereocenters. The molecule has 0 N–H and O–H groups in total. The second kappa shape index (κ2) is 3.36. The van der Waals surface area contributed by atoms with E-state index in [-0.39, 0.29) is 37.7 Å². The zero-order valence-corrected chi connectivity index (χ0v) is 5.86. The molecule has 0 saturated heterocycles. The monoisotopic (exact) mass is 138 g/mol. The van der Waals surface area contributed by atoms with E-state index in [1.807, 2.05) is 0 Å². The molecule has 0 spiro atoms. The van der Waals surface area contributed by atoms with Crippen LogP contribution in [0.15, 0.2) is 0 Å². The van der Waals surface area contributed by atoms with E-state index in [2.05, 4.69) is 0 Å². The average molecular weight is 138 g/mol. The molecule has 0 saturated carbocycles. The fraction of sp³-hybridized carbons (Fsp3) is 0. The van der Waals surface area contributed by atoms with Crippen LogP contribution in [0.3, 0.4) is 0 Å². The molecule has 0 bridgehead atoms. The molecule has 0 aromatic rings. The number of rotatable bonds is 0. The van der Waals surface area contributed by atoms with Gasteiger partial charge in [-0.15, -0.1) is 0 Å². The fourth-order valence-corrected chi connectivity index (χ4v) is 0. The van der Waals surface area contributed by atoms with Gasteiger partial charge in [-0.3, -0.25) is 0 Å². The van der Waals surface area contributed by atoms with Gasteiger partial charge in [0.25, 0.3) is 0 Å². The Labute approximate surface area is 63.8 Å².